The van der Waals surface area contributed by atoms with Gasteiger partial charge in [-0.15, -0.1) is 0 Å². The van der Waals surface area contributed by atoms with Gasteiger partial charge in [-0.3, -0.25) is 0 Å². The molecule has 4 aliphatic rings. The van der Waals surface area contributed by atoms with Crippen molar-refractivity contribution in [1.29, 1.82) is 0 Å². The number of nitrogens with zero attached hydrogens (tertiary/aromatic N) is 1. The van der Waals surface area contributed by atoms with Crippen LogP contribution in [0.5, 0.6) is 0 Å². The van der Waals surface area contributed by atoms with Gasteiger partial charge in [-0.25, -0.2) is 17.9 Å². The van der Waals surface area contributed by atoms with E-state index in [4.69, 9.17) is 0 Å². The molecule has 0 spiro atoms. The summed E-state index contributed by atoms with van der Waals surface area (Å²) in [4.78, 5) is 14.7. The molecule has 3 aliphatic carbocycles. The zero-order chi connectivity index (χ0) is 18.6. The SMILES string of the molecule is O=C(Nc1c2c(cc3c1CCC3)CCC2)NS(=O)(=O)C1CN(CC2CC2)C1.[K]. The maximum Gasteiger partial charge on any atom is 0.332 e. The Morgan fingerprint density at radius 3 is 2.21 bits per heavy atom. The van der Waals surface area contributed by atoms with E-state index in [0.717, 1.165) is 56.7 Å². The van der Waals surface area contributed by atoms with Crippen molar-refractivity contribution in [1.82, 2.24) is 9.62 Å². The molecule has 1 saturated heterocycles. The van der Waals surface area contributed by atoms with Gasteiger partial charge in [-0.05, 0) is 79.5 Å². The summed E-state index contributed by atoms with van der Waals surface area (Å²) < 4.78 is 27.3. The van der Waals surface area contributed by atoms with Gasteiger partial charge in [0, 0.05) is 76.7 Å². The largest absolute Gasteiger partial charge is 0.332 e. The third-order valence-electron chi connectivity index (χ3n) is 6.52. The van der Waals surface area contributed by atoms with E-state index in [-0.39, 0.29) is 51.4 Å². The van der Waals surface area contributed by atoms with E-state index in [2.05, 4.69) is 21.0 Å². The molecule has 6 nitrogen and oxygen atoms in total. The Morgan fingerprint density at radius 1 is 1.04 bits per heavy atom. The van der Waals surface area contributed by atoms with Crippen molar-refractivity contribution >= 4 is 73.1 Å². The van der Waals surface area contributed by atoms with Gasteiger partial charge in [0.1, 0.15) is 5.25 Å². The molecule has 0 bridgehead atoms. The Hall–Kier alpha value is 0.0364. The van der Waals surface area contributed by atoms with Crippen LogP contribution >= 0.6 is 0 Å². The van der Waals surface area contributed by atoms with Gasteiger partial charge in [0.05, 0.1) is 0 Å². The van der Waals surface area contributed by atoms with Gasteiger partial charge >= 0.3 is 6.03 Å². The third-order valence-corrected chi connectivity index (χ3v) is 8.17. The summed E-state index contributed by atoms with van der Waals surface area (Å²) in [7, 11) is -3.62. The van der Waals surface area contributed by atoms with Crippen molar-refractivity contribution < 1.29 is 13.2 Å². The molecule has 0 atom stereocenters. The minimum atomic E-state index is -3.62. The molecule has 1 aromatic carbocycles. The van der Waals surface area contributed by atoms with Crippen LogP contribution in [0.1, 0.15) is 47.9 Å². The van der Waals surface area contributed by atoms with Gasteiger partial charge in [0.15, 0.2) is 0 Å². The molecule has 2 N–H and O–H groups in total. The number of carbonyl (C=O) groups is 1. The van der Waals surface area contributed by atoms with E-state index in [1.165, 1.54) is 35.1 Å². The number of nitrogens with one attached hydrogen (secondary N) is 2. The third kappa shape index (κ3) is 4.24. The summed E-state index contributed by atoms with van der Waals surface area (Å²) in [6, 6.07) is 1.69. The minimum Gasteiger partial charge on any atom is -0.307 e. The van der Waals surface area contributed by atoms with Crippen LogP contribution in [0.15, 0.2) is 6.07 Å². The minimum absolute atomic E-state index is 0. The van der Waals surface area contributed by atoms with E-state index in [9.17, 15) is 13.2 Å². The first-order valence-electron chi connectivity index (χ1n) is 10.2. The summed E-state index contributed by atoms with van der Waals surface area (Å²) in [5.74, 6) is 0.757. The molecule has 0 unspecified atom stereocenters. The molecule has 147 valence electrons. The fraction of sp³-hybridized carbons (Fsp3) is 0.650. The van der Waals surface area contributed by atoms with E-state index >= 15 is 0 Å². The molecule has 1 saturated carbocycles. The second-order valence-corrected chi connectivity index (χ2v) is 10.6. The van der Waals surface area contributed by atoms with Crippen LogP contribution in [0.25, 0.3) is 0 Å². The zero-order valence-corrected chi connectivity index (χ0v) is 20.5. The van der Waals surface area contributed by atoms with Crippen molar-refractivity contribution in [2.24, 2.45) is 5.92 Å². The average Bonchev–Trinajstić information content (AvgIpc) is 3.05. The molecule has 0 aromatic heterocycles. The topological polar surface area (TPSA) is 78.5 Å². The number of hydrogen-bond acceptors (Lipinski definition) is 4. The number of aryl methyl sites for hydroxylation is 2. The zero-order valence-electron chi connectivity index (χ0n) is 16.6. The van der Waals surface area contributed by atoms with Gasteiger partial charge in [-0.2, -0.15) is 0 Å². The number of hydrogen-bond donors (Lipinski definition) is 2. The van der Waals surface area contributed by atoms with Crippen LogP contribution < -0.4 is 10.0 Å². The number of carbonyl (C=O) groups excluding carboxylic acids is 1. The predicted molar refractivity (Wildman–Crippen MR) is 110 cm³/mol. The molecule has 28 heavy (non-hydrogen) atoms. The first kappa shape index (κ1) is 21.3. The molecule has 2 amide bonds. The summed E-state index contributed by atoms with van der Waals surface area (Å²) >= 11 is 0. The van der Waals surface area contributed by atoms with Crippen LogP contribution in [0, 0.1) is 5.92 Å². The summed E-state index contributed by atoms with van der Waals surface area (Å²) in [6.07, 6.45) is 8.76. The molecule has 8 heteroatoms. The van der Waals surface area contributed by atoms with E-state index in [1.807, 2.05) is 0 Å². The number of likely N-dealkylation sites (tertiary alicyclic amines) is 1. The molecule has 5 rings (SSSR count). The van der Waals surface area contributed by atoms with Crippen LogP contribution in [-0.4, -0.2) is 95.6 Å². The van der Waals surface area contributed by atoms with Crippen LogP contribution in [0.3, 0.4) is 0 Å². The summed E-state index contributed by atoms with van der Waals surface area (Å²) in [5.41, 5.74) is 5.95. The number of fused-ring (bicyclic) bond motifs is 2. The average molecular weight is 429 g/mol. The first-order valence-corrected chi connectivity index (χ1v) is 11.8. The monoisotopic (exact) mass is 428 g/mol. The normalized spacial score (nSPS) is 21.4. The fourth-order valence-electron chi connectivity index (χ4n) is 4.85. The van der Waals surface area contributed by atoms with Crippen molar-refractivity contribution in [3.05, 3.63) is 28.3 Å². The second kappa shape index (κ2) is 8.28. The second-order valence-electron chi connectivity index (χ2n) is 8.62. The molecule has 1 heterocycles. The number of amides is 2. The Balaban J connectivity index is 0.00000192. The van der Waals surface area contributed by atoms with Gasteiger partial charge in [0.2, 0.25) is 10.0 Å². The Morgan fingerprint density at radius 2 is 1.64 bits per heavy atom. The molecular weight excluding hydrogens is 401 g/mol. The molecule has 1 aliphatic heterocycles. The van der Waals surface area contributed by atoms with Gasteiger partial charge in [0.25, 0.3) is 0 Å². The van der Waals surface area contributed by atoms with E-state index < -0.39 is 21.3 Å². The van der Waals surface area contributed by atoms with E-state index in [1.54, 1.807) is 0 Å². The van der Waals surface area contributed by atoms with Crippen LogP contribution in [0.2, 0.25) is 0 Å². The Kier molecular flexibility index (Phi) is 6.29. The number of sulfonamides is 1. The quantitative estimate of drug-likeness (QED) is 0.702. The van der Waals surface area contributed by atoms with E-state index in [0.29, 0.717) is 13.1 Å². The number of anilines is 1. The van der Waals surface area contributed by atoms with Crippen molar-refractivity contribution in [2.45, 2.75) is 56.6 Å². The predicted octanol–water partition coefficient (Wildman–Crippen LogP) is 1.83. The van der Waals surface area contributed by atoms with Crippen LogP contribution in [0.4, 0.5) is 10.5 Å². The van der Waals surface area contributed by atoms with Crippen molar-refractivity contribution in [3.8, 4) is 0 Å². The first-order chi connectivity index (χ1) is 13.0. The molecule has 2 fully saturated rings. The fourth-order valence-corrected chi connectivity index (χ4v) is 6.14. The summed E-state index contributed by atoms with van der Waals surface area (Å²) in [5, 5.41) is 2.43. The van der Waals surface area contributed by atoms with Crippen molar-refractivity contribution in [3.63, 3.8) is 0 Å². The number of benzene rings is 1. The van der Waals surface area contributed by atoms with Gasteiger partial charge < -0.3 is 10.2 Å². The van der Waals surface area contributed by atoms with Gasteiger partial charge in [-0.1, -0.05) is 6.07 Å². The number of rotatable bonds is 5. The Labute approximate surface area is 209 Å². The van der Waals surface area contributed by atoms with Crippen molar-refractivity contribution in [2.75, 3.05) is 25.0 Å². The van der Waals surface area contributed by atoms with Crippen LogP contribution in [-0.2, 0) is 35.7 Å². The molecule has 1 radical (unpaired) electrons. The molecular formula is C20H27KN3O3S. The smallest absolute Gasteiger partial charge is 0.307 e. The maximum atomic E-state index is 12.5. The summed E-state index contributed by atoms with van der Waals surface area (Å²) in [6.45, 7) is 2.07. The maximum absolute atomic E-state index is 12.5. The Bertz CT molecular complexity index is 860. The molecule has 1 aromatic rings. The standard InChI is InChI=1S/C20H27N3O3S.K/c24-20(22-27(25,26)16-11-23(12-16)10-13-7-8-13)21-19-17-5-1-3-14(17)9-15-4-2-6-18(15)19;/h9,13,16H,1-8,10-12H2,(H2,21,22,24);. The number of urea groups is 1.